The van der Waals surface area contributed by atoms with Crippen LogP contribution in [0, 0.1) is 15.9 Å². The van der Waals surface area contributed by atoms with Gasteiger partial charge in [-0.3, -0.25) is 14.9 Å². The van der Waals surface area contributed by atoms with Gasteiger partial charge in [0.2, 0.25) is 0 Å². The molecule has 0 unspecified atom stereocenters. The molecule has 32 heavy (non-hydrogen) atoms. The van der Waals surface area contributed by atoms with Crippen LogP contribution in [0.15, 0.2) is 41.4 Å². The third kappa shape index (κ3) is 4.54. The predicted molar refractivity (Wildman–Crippen MR) is 118 cm³/mol. The Bertz CT molecular complexity index is 1230. The van der Waals surface area contributed by atoms with Crippen molar-refractivity contribution in [1.82, 2.24) is 4.57 Å². The average molecular weight is 460 g/mol. The van der Waals surface area contributed by atoms with Crippen LogP contribution in [0.4, 0.5) is 15.8 Å². The first-order valence-corrected chi connectivity index (χ1v) is 10.8. The number of thiazole rings is 1. The lowest BCUT2D eigenvalue weighted by Crippen LogP contribution is -2.36. The van der Waals surface area contributed by atoms with Gasteiger partial charge in [0.1, 0.15) is 11.5 Å². The molecule has 1 aromatic heterocycles. The lowest BCUT2D eigenvalue weighted by molar-refractivity contribution is -0.384. The number of methoxy groups -OCH3 is 1. The maximum absolute atomic E-state index is 13.7. The molecule has 0 radical (unpaired) electrons. The quantitative estimate of drug-likeness (QED) is 0.414. The van der Waals surface area contributed by atoms with Crippen molar-refractivity contribution in [3.8, 4) is 0 Å². The van der Waals surface area contributed by atoms with Crippen LogP contribution >= 0.6 is 11.3 Å². The maximum atomic E-state index is 13.7. The molecule has 0 spiro atoms. The van der Waals surface area contributed by atoms with E-state index in [1.165, 1.54) is 35.6 Å². The van der Waals surface area contributed by atoms with E-state index in [1.807, 2.05) is 4.90 Å². The Labute approximate surface area is 186 Å². The van der Waals surface area contributed by atoms with E-state index in [2.05, 4.69) is 4.99 Å². The second-order valence-corrected chi connectivity index (χ2v) is 8.13. The summed E-state index contributed by atoms with van der Waals surface area (Å²) >= 11 is 1.17. The van der Waals surface area contributed by atoms with Crippen LogP contribution in [0.2, 0.25) is 0 Å². The number of nitro groups is 1. The van der Waals surface area contributed by atoms with Crippen LogP contribution in [0.1, 0.15) is 10.4 Å². The zero-order valence-electron chi connectivity index (χ0n) is 17.3. The van der Waals surface area contributed by atoms with Crippen molar-refractivity contribution in [3.05, 3.63) is 62.7 Å². The Balaban J connectivity index is 1.73. The van der Waals surface area contributed by atoms with Crippen LogP contribution in [0.25, 0.3) is 10.2 Å². The van der Waals surface area contributed by atoms with Gasteiger partial charge in [-0.05, 0) is 30.3 Å². The second kappa shape index (κ2) is 9.55. The number of nitrogens with zero attached hydrogens (tertiary/aromatic N) is 4. The summed E-state index contributed by atoms with van der Waals surface area (Å²) in [6, 6.07) is 8.72. The van der Waals surface area contributed by atoms with E-state index in [1.54, 1.807) is 23.8 Å². The number of halogens is 1. The second-order valence-electron chi connectivity index (χ2n) is 7.12. The van der Waals surface area contributed by atoms with Crippen molar-refractivity contribution in [2.75, 3.05) is 44.9 Å². The molecule has 0 aliphatic carbocycles. The molecule has 1 saturated heterocycles. The summed E-state index contributed by atoms with van der Waals surface area (Å²) in [5.74, 6) is -0.996. The lowest BCUT2D eigenvalue weighted by Gasteiger charge is -2.28. The molecule has 1 amide bonds. The molecule has 1 aliphatic rings. The molecule has 2 heterocycles. The molecule has 9 nitrogen and oxygen atoms in total. The van der Waals surface area contributed by atoms with E-state index in [0.717, 1.165) is 5.52 Å². The number of hydrogen-bond donors (Lipinski definition) is 0. The summed E-state index contributed by atoms with van der Waals surface area (Å²) in [7, 11) is 1.56. The number of fused-ring (bicyclic) bond motifs is 1. The Morgan fingerprint density at radius 2 is 2.06 bits per heavy atom. The molecule has 2 aromatic carbocycles. The molecule has 168 valence electrons. The van der Waals surface area contributed by atoms with Crippen LogP contribution in [-0.2, 0) is 16.0 Å². The molecule has 0 saturated carbocycles. The van der Waals surface area contributed by atoms with Crippen LogP contribution in [0.3, 0.4) is 0 Å². The normalized spacial score (nSPS) is 14.8. The summed E-state index contributed by atoms with van der Waals surface area (Å²) in [5.41, 5.74) is 1.13. The molecular formula is C21H21FN4O5S. The minimum atomic E-state index is -0.611. The molecule has 11 heteroatoms. The third-order valence-electron chi connectivity index (χ3n) is 5.13. The summed E-state index contributed by atoms with van der Waals surface area (Å²) in [5, 5.41) is 11.7. The smallest absolute Gasteiger partial charge is 0.293 e. The molecule has 1 fully saturated rings. The molecular weight excluding hydrogens is 439 g/mol. The number of nitro benzene ring substituents is 1. The number of carbonyl (C=O) groups excluding carboxylic acids is 1. The number of ether oxygens (including phenoxy) is 2. The van der Waals surface area contributed by atoms with Crippen LogP contribution < -0.4 is 9.70 Å². The Kier molecular flexibility index (Phi) is 6.58. The van der Waals surface area contributed by atoms with E-state index in [0.29, 0.717) is 54.6 Å². The largest absolute Gasteiger partial charge is 0.383 e. The standard InChI is InChI=1S/C21H21FN4O5S/c1-30-9-8-25-17-5-3-15(22)13-19(17)32-21(25)23-20(27)14-2-4-16(18(12-14)26(28)29)24-6-10-31-11-7-24/h2-5,12-13H,6-11H2,1H3. The number of aromatic nitrogens is 1. The monoisotopic (exact) mass is 460 g/mol. The number of amides is 1. The molecule has 4 rings (SSSR count). The van der Waals surface area contributed by atoms with Crippen molar-refractivity contribution < 1.29 is 23.6 Å². The van der Waals surface area contributed by atoms with Gasteiger partial charge in [0.05, 0.1) is 35.0 Å². The van der Waals surface area contributed by atoms with Gasteiger partial charge in [0.15, 0.2) is 4.80 Å². The molecule has 0 atom stereocenters. The number of anilines is 1. The van der Waals surface area contributed by atoms with Crippen molar-refractivity contribution in [3.63, 3.8) is 0 Å². The highest BCUT2D eigenvalue weighted by molar-refractivity contribution is 7.16. The van der Waals surface area contributed by atoms with E-state index >= 15 is 0 Å². The highest BCUT2D eigenvalue weighted by Gasteiger charge is 2.23. The van der Waals surface area contributed by atoms with E-state index in [-0.39, 0.29) is 17.1 Å². The highest BCUT2D eigenvalue weighted by atomic mass is 32.1. The number of morpholine rings is 1. The van der Waals surface area contributed by atoms with Gasteiger partial charge in [-0.25, -0.2) is 4.39 Å². The Morgan fingerprint density at radius 3 is 2.78 bits per heavy atom. The number of rotatable bonds is 6. The van der Waals surface area contributed by atoms with Crippen LogP contribution in [0.5, 0.6) is 0 Å². The fourth-order valence-corrected chi connectivity index (χ4v) is 4.64. The van der Waals surface area contributed by atoms with Crippen molar-refractivity contribution in [2.45, 2.75) is 6.54 Å². The first-order chi connectivity index (χ1) is 15.5. The van der Waals surface area contributed by atoms with Gasteiger partial charge in [-0.2, -0.15) is 4.99 Å². The number of benzene rings is 2. The fourth-order valence-electron chi connectivity index (χ4n) is 3.56. The Morgan fingerprint density at radius 1 is 1.28 bits per heavy atom. The molecule has 0 bridgehead atoms. The van der Waals surface area contributed by atoms with Gasteiger partial charge in [0, 0.05) is 38.4 Å². The predicted octanol–water partition coefficient (Wildman–Crippen LogP) is 2.97. The van der Waals surface area contributed by atoms with E-state index in [9.17, 15) is 19.3 Å². The fraction of sp³-hybridized carbons (Fsp3) is 0.333. The lowest BCUT2D eigenvalue weighted by atomic mass is 10.1. The summed E-state index contributed by atoms with van der Waals surface area (Å²) < 4.78 is 26.5. The SMILES string of the molecule is COCCn1c(=NC(=O)c2ccc(N3CCOCC3)c([N+](=O)[O-])c2)sc2cc(F)ccc21. The number of hydrogen-bond acceptors (Lipinski definition) is 7. The van der Waals surface area contributed by atoms with E-state index < -0.39 is 10.8 Å². The van der Waals surface area contributed by atoms with Gasteiger partial charge in [0.25, 0.3) is 11.6 Å². The molecule has 3 aromatic rings. The highest BCUT2D eigenvalue weighted by Crippen LogP contribution is 2.30. The molecule has 1 aliphatic heterocycles. The summed E-state index contributed by atoms with van der Waals surface area (Å²) in [6.07, 6.45) is 0. The molecule has 0 N–H and O–H groups in total. The topological polar surface area (TPSA) is 99.2 Å². The zero-order valence-corrected chi connectivity index (χ0v) is 18.1. The number of carbonyl (C=O) groups is 1. The summed E-state index contributed by atoms with van der Waals surface area (Å²) in [4.78, 5) is 30.5. The van der Waals surface area contributed by atoms with Gasteiger partial charge < -0.3 is 18.9 Å². The van der Waals surface area contributed by atoms with Crippen LogP contribution in [-0.4, -0.2) is 55.4 Å². The average Bonchev–Trinajstić information content (AvgIpc) is 3.13. The minimum absolute atomic E-state index is 0.107. The van der Waals surface area contributed by atoms with Gasteiger partial charge in [-0.15, -0.1) is 0 Å². The Hall–Kier alpha value is -3.15. The van der Waals surface area contributed by atoms with Gasteiger partial charge >= 0.3 is 0 Å². The summed E-state index contributed by atoms with van der Waals surface area (Å²) in [6.45, 7) is 2.85. The maximum Gasteiger partial charge on any atom is 0.293 e. The van der Waals surface area contributed by atoms with Gasteiger partial charge in [-0.1, -0.05) is 11.3 Å². The van der Waals surface area contributed by atoms with Crippen molar-refractivity contribution in [2.24, 2.45) is 4.99 Å². The van der Waals surface area contributed by atoms with Crippen molar-refractivity contribution in [1.29, 1.82) is 0 Å². The first kappa shape index (κ1) is 22.1. The zero-order chi connectivity index (χ0) is 22.7. The van der Waals surface area contributed by atoms with Crippen molar-refractivity contribution >= 4 is 38.8 Å². The van der Waals surface area contributed by atoms with E-state index in [4.69, 9.17) is 9.47 Å². The minimum Gasteiger partial charge on any atom is -0.383 e. The third-order valence-corrected chi connectivity index (χ3v) is 6.17. The first-order valence-electron chi connectivity index (χ1n) is 9.96.